The van der Waals surface area contributed by atoms with Crippen LogP contribution in [0, 0.1) is 5.92 Å². The van der Waals surface area contributed by atoms with E-state index in [1.165, 1.54) is 12.1 Å². The first-order valence-corrected chi connectivity index (χ1v) is 10.6. The number of rotatable bonds is 6. The number of hydrogen-bond donors (Lipinski definition) is 0. The third kappa shape index (κ3) is 6.09. The van der Waals surface area contributed by atoms with E-state index < -0.39 is 11.7 Å². The van der Waals surface area contributed by atoms with Crippen LogP contribution in [-0.4, -0.2) is 60.5 Å². The molecule has 0 bridgehead atoms. The highest BCUT2D eigenvalue weighted by atomic mass is 19.4. The molecule has 0 saturated carbocycles. The lowest BCUT2D eigenvalue weighted by atomic mass is 10.1. The van der Waals surface area contributed by atoms with Gasteiger partial charge in [-0.2, -0.15) is 13.2 Å². The predicted octanol–water partition coefficient (Wildman–Crippen LogP) is 4.34. The number of benzene rings is 2. The molecule has 1 aliphatic rings. The molecule has 2 aromatic carbocycles. The van der Waals surface area contributed by atoms with Crippen LogP contribution in [0.2, 0.25) is 0 Å². The summed E-state index contributed by atoms with van der Waals surface area (Å²) < 4.78 is 44.2. The van der Waals surface area contributed by atoms with Crippen molar-refractivity contribution in [3.05, 3.63) is 71.3 Å². The average molecular weight is 448 g/mol. The molecule has 172 valence electrons. The Hall–Kier alpha value is -2.87. The van der Waals surface area contributed by atoms with E-state index in [1.54, 1.807) is 21.9 Å². The molecular weight excluding hydrogens is 421 g/mol. The monoisotopic (exact) mass is 448 g/mol. The summed E-state index contributed by atoms with van der Waals surface area (Å²) in [6, 6.07) is 13.2. The lowest BCUT2D eigenvalue weighted by molar-refractivity contribution is -0.137. The number of carbonyl (C=O) groups is 2. The van der Waals surface area contributed by atoms with Crippen LogP contribution in [0.1, 0.15) is 40.1 Å². The molecule has 0 N–H and O–H groups in total. The van der Waals surface area contributed by atoms with Crippen molar-refractivity contribution in [3.8, 4) is 0 Å². The Bertz CT molecular complexity index is 914. The standard InChI is InChI=1S/C24H27F3N2O3/c1-17(2)14-29(23(31)18-6-4-3-5-7-18)16-21-15-28(12-13-32-21)22(30)19-8-10-20(11-9-19)24(25,26)27/h3-11,17,21H,12-16H2,1-2H3. The van der Waals surface area contributed by atoms with Crippen LogP contribution in [0.25, 0.3) is 0 Å². The summed E-state index contributed by atoms with van der Waals surface area (Å²) in [4.78, 5) is 29.1. The highest BCUT2D eigenvalue weighted by Crippen LogP contribution is 2.29. The lowest BCUT2D eigenvalue weighted by Crippen LogP contribution is -2.51. The molecule has 1 aliphatic heterocycles. The highest BCUT2D eigenvalue weighted by Gasteiger charge is 2.32. The average Bonchev–Trinajstić information content (AvgIpc) is 2.77. The Kier molecular flexibility index (Phi) is 7.56. The number of alkyl halides is 3. The molecule has 1 unspecified atom stereocenters. The van der Waals surface area contributed by atoms with Gasteiger partial charge in [0.05, 0.1) is 18.3 Å². The first-order valence-electron chi connectivity index (χ1n) is 10.6. The van der Waals surface area contributed by atoms with Gasteiger partial charge in [0, 0.05) is 37.3 Å². The smallest absolute Gasteiger partial charge is 0.373 e. The summed E-state index contributed by atoms with van der Waals surface area (Å²) in [7, 11) is 0. The molecule has 2 amide bonds. The number of halogens is 3. The van der Waals surface area contributed by atoms with Crippen molar-refractivity contribution in [2.75, 3.05) is 32.8 Å². The minimum Gasteiger partial charge on any atom is -0.373 e. The minimum atomic E-state index is -4.45. The van der Waals surface area contributed by atoms with Crippen LogP contribution >= 0.6 is 0 Å². The van der Waals surface area contributed by atoms with Crippen molar-refractivity contribution in [2.24, 2.45) is 5.92 Å². The van der Waals surface area contributed by atoms with Crippen LogP contribution in [0.5, 0.6) is 0 Å². The molecule has 0 aliphatic carbocycles. The van der Waals surface area contributed by atoms with Crippen molar-refractivity contribution in [3.63, 3.8) is 0 Å². The van der Waals surface area contributed by atoms with Gasteiger partial charge in [0.15, 0.2) is 0 Å². The number of ether oxygens (including phenoxy) is 1. The van der Waals surface area contributed by atoms with Gasteiger partial charge in [-0.15, -0.1) is 0 Å². The normalized spacial score (nSPS) is 16.8. The van der Waals surface area contributed by atoms with Gasteiger partial charge in [-0.1, -0.05) is 32.0 Å². The maximum Gasteiger partial charge on any atom is 0.416 e. The number of carbonyl (C=O) groups excluding carboxylic acids is 2. The van der Waals surface area contributed by atoms with E-state index in [2.05, 4.69) is 0 Å². The molecule has 5 nitrogen and oxygen atoms in total. The predicted molar refractivity (Wildman–Crippen MR) is 114 cm³/mol. The molecular formula is C24H27F3N2O3. The Morgan fingerprint density at radius 1 is 1.06 bits per heavy atom. The molecule has 0 aromatic heterocycles. The van der Waals surface area contributed by atoms with Gasteiger partial charge in [-0.05, 0) is 42.3 Å². The van der Waals surface area contributed by atoms with E-state index in [4.69, 9.17) is 4.74 Å². The molecule has 1 atom stereocenters. The first-order chi connectivity index (χ1) is 15.1. The summed E-state index contributed by atoms with van der Waals surface area (Å²) in [6.45, 7) is 5.81. The van der Waals surface area contributed by atoms with E-state index in [1.807, 2.05) is 32.0 Å². The molecule has 1 saturated heterocycles. The van der Waals surface area contributed by atoms with Crippen LogP contribution in [-0.2, 0) is 10.9 Å². The van der Waals surface area contributed by atoms with Crippen molar-refractivity contribution in [2.45, 2.75) is 26.1 Å². The fraction of sp³-hybridized carbons (Fsp3) is 0.417. The Labute approximate surface area is 185 Å². The second-order valence-electron chi connectivity index (χ2n) is 8.29. The van der Waals surface area contributed by atoms with Crippen LogP contribution < -0.4 is 0 Å². The SMILES string of the molecule is CC(C)CN(CC1CN(C(=O)c2ccc(C(F)(F)F)cc2)CCO1)C(=O)c1ccccc1. The molecule has 0 radical (unpaired) electrons. The zero-order valence-electron chi connectivity index (χ0n) is 18.1. The molecule has 2 aromatic rings. The van der Waals surface area contributed by atoms with Gasteiger partial charge < -0.3 is 14.5 Å². The third-order valence-electron chi connectivity index (χ3n) is 5.20. The Balaban J connectivity index is 1.68. The third-order valence-corrected chi connectivity index (χ3v) is 5.20. The van der Waals surface area contributed by atoms with Gasteiger partial charge in [0.25, 0.3) is 11.8 Å². The fourth-order valence-corrected chi connectivity index (χ4v) is 3.69. The van der Waals surface area contributed by atoms with Crippen molar-refractivity contribution >= 4 is 11.8 Å². The van der Waals surface area contributed by atoms with Gasteiger partial charge in [0.2, 0.25) is 0 Å². The summed E-state index contributed by atoms with van der Waals surface area (Å²) in [5.74, 6) is -0.206. The number of nitrogens with zero attached hydrogens (tertiary/aromatic N) is 2. The summed E-state index contributed by atoms with van der Waals surface area (Å²) in [6.07, 6.45) is -4.83. The Morgan fingerprint density at radius 2 is 1.72 bits per heavy atom. The van der Waals surface area contributed by atoms with E-state index in [0.717, 1.165) is 12.1 Å². The second-order valence-corrected chi connectivity index (χ2v) is 8.29. The molecule has 3 rings (SSSR count). The van der Waals surface area contributed by atoms with E-state index in [9.17, 15) is 22.8 Å². The zero-order valence-corrected chi connectivity index (χ0v) is 18.1. The maximum atomic E-state index is 13.0. The number of morpholine rings is 1. The molecule has 1 fully saturated rings. The second kappa shape index (κ2) is 10.2. The highest BCUT2D eigenvalue weighted by molar-refractivity contribution is 5.95. The summed E-state index contributed by atoms with van der Waals surface area (Å²) >= 11 is 0. The van der Waals surface area contributed by atoms with Crippen LogP contribution in [0.4, 0.5) is 13.2 Å². The van der Waals surface area contributed by atoms with Gasteiger partial charge in [-0.3, -0.25) is 9.59 Å². The molecule has 32 heavy (non-hydrogen) atoms. The van der Waals surface area contributed by atoms with Crippen molar-refractivity contribution < 1.29 is 27.5 Å². The summed E-state index contributed by atoms with van der Waals surface area (Å²) in [5, 5.41) is 0. The van der Waals surface area contributed by atoms with Gasteiger partial charge >= 0.3 is 6.18 Å². The van der Waals surface area contributed by atoms with Crippen molar-refractivity contribution in [1.82, 2.24) is 9.80 Å². The van der Waals surface area contributed by atoms with E-state index >= 15 is 0 Å². The fourth-order valence-electron chi connectivity index (χ4n) is 3.69. The quantitative estimate of drug-likeness (QED) is 0.661. The van der Waals surface area contributed by atoms with Crippen molar-refractivity contribution in [1.29, 1.82) is 0 Å². The largest absolute Gasteiger partial charge is 0.416 e. The molecule has 8 heteroatoms. The number of hydrogen-bond acceptors (Lipinski definition) is 3. The van der Waals surface area contributed by atoms with Crippen LogP contribution in [0.3, 0.4) is 0 Å². The van der Waals surface area contributed by atoms with Crippen LogP contribution in [0.15, 0.2) is 54.6 Å². The molecule has 1 heterocycles. The molecule has 0 spiro atoms. The maximum absolute atomic E-state index is 13.0. The lowest BCUT2D eigenvalue weighted by Gasteiger charge is -2.36. The van der Waals surface area contributed by atoms with E-state index in [-0.39, 0.29) is 35.9 Å². The van der Waals surface area contributed by atoms with Gasteiger partial charge in [-0.25, -0.2) is 0 Å². The topological polar surface area (TPSA) is 49.9 Å². The zero-order chi connectivity index (χ0) is 23.3. The summed E-state index contributed by atoms with van der Waals surface area (Å²) in [5.41, 5.74) is -0.0163. The minimum absolute atomic E-state index is 0.103. The number of amides is 2. The first kappa shape index (κ1) is 23.8. The Morgan fingerprint density at radius 3 is 2.31 bits per heavy atom. The van der Waals surface area contributed by atoms with E-state index in [0.29, 0.717) is 31.8 Å². The van der Waals surface area contributed by atoms with Gasteiger partial charge in [0.1, 0.15) is 0 Å².